The number of benzene rings is 6. The second-order valence-corrected chi connectivity index (χ2v) is 16.0. The Balaban J connectivity index is 1.48. The maximum absolute atomic E-state index is 8.65. The van der Waals surface area contributed by atoms with Crippen LogP contribution in [0.1, 0.15) is 122 Å². The Morgan fingerprint density at radius 1 is 0.340 bits per heavy atom. The summed E-state index contributed by atoms with van der Waals surface area (Å²) in [7, 11) is 0. The van der Waals surface area contributed by atoms with E-state index in [0.717, 1.165) is 34.1 Å². The van der Waals surface area contributed by atoms with Crippen LogP contribution in [0, 0.1) is 11.8 Å². The maximum Gasteiger partial charge on any atom is 0.146 e. The minimum Gasteiger partial charge on any atom is -0.340 e. The van der Waals surface area contributed by atoms with E-state index in [-0.39, 0.29) is 0 Å². The van der Waals surface area contributed by atoms with Gasteiger partial charge >= 0.3 is 0 Å². The highest BCUT2D eigenvalue weighted by atomic mass is 16.5. The van der Waals surface area contributed by atoms with E-state index in [9.17, 15) is 0 Å². The number of hydrogen-bond acceptors (Lipinski definition) is 1. The molecule has 53 heavy (non-hydrogen) atoms. The molecule has 8 rings (SSSR count). The average molecular weight is 695 g/mol. The van der Waals surface area contributed by atoms with Gasteiger partial charge in [-0.1, -0.05) is 209 Å². The lowest BCUT2D eigenvalue weighted by Gasteiger charge is -2.48. The van der Waals surface area contributed by atoms with E-state index in [1.54, 1.807) is 0 Å². The molecular weight excluding hydrogens is 641 g/mol. The number of rotatable bonds is 10. The fraction of sp³-hybridized carbons (Fsp3) is 0.308. The Labute approximate surface area is 318 Å². The van der Waals surface area contributed by atoms with Gasteiger partial charge in [0.15, 0.2) is 0 Å². The molecule has 2 aliphatic rings. The van der Waals surface area contributed by atoms with Crippen molar-refractivity contribution in [1.29, 1.82) is 0 Å². The summed E-state index contributed by atoms with van der Waals surface area (Å²) < 4.78 is 8.65. The zero-order chi connectivity index (χ0) is 36.1. The van der Waals surface area contributed by atoms with Crippen LogP contribution < -0.4 is 0 Å². The van der Waals surface area contributed by atoms with E-state index in [1.807, 2.05) is 0 Å². The number of ether oxygens (including phenoxy) is 1. The molecule has 1 nitrogen and oxygen atoms in total. The van der Waals surface area contributed by atoms with Crippen molar-refractivity contribution >= 4 is 0 Å². The SMILES string of the molecule is CC1CCC(c2ccccc2C(OC(c2ccccc2)(c2ccccc2)c2ccccc2C2CCC(C)CC2)(c2ccccc2)c2ccccc2)CC1. The van der Waals surface area contributed by atoms with Crippen molar-refractivity contribution in [3.05, 3.63) is 214 Å². The van der Waals surface area contributed by atoms with E-state index in [2.05, 4.69) is 184 Å². The molecule has 0 bridgehead atoms. The first kappa shape index (κ1) is 35.3. The lowest BCUT2D eigenvalue weighted by molar-refractivity contribution is -0.0822. The van der Waals surface area contributed by atoms with Gasteiger partial charge in [-0.3, -0.25) is 0 Å². The molecule has 2 aliphatic carbocycles. The molecule has 1 heteroatoms. The molecule has 6 aromatic carbocycles. The summed E-state index contributed by atoms with van der Waals surface area (Å²) in [5.74, 6) is 2.48. The fourth-order valence-electron chi connectivity index (χ4n) is 9.71. The topological polar surface area (TPSA) is 9.23 Å². The summed E-state index contributed by atoms with van der Waals surface area (Å²) >= 11 is 0. The van der Waals surface area contributed by atoms with Gasteiger partial charge in [0, 0.05) is 0 Å². The van der Waals surface area contributed by atoms with Gasteiger partial charge in [-0.05, 0) is 93.9 Å². The Morgan fingerprint density at radius 3 is 0.906 bits per heavy atom. The Hall–Kier alpha value is -4.72. The molecule has 2 saturated carbocycles. The standard InChI is InChI=1S/C52H54O/c1-39-31-35-41(36-32-39)47-27-15-17-29-49(47)51(43-19-7-3-8-20-43,44-21-9-4-10-22-44)53-52(45-23-11-5-12-24-45,46-25-13-6-14-26-46)50-30-18-16-28-48(50)42-37-33-40(2)34-38-42/h3-30,39-42H,31-38H2,1-2H3. The van der Waals surface area contributed by atoms with E-state index >= 15 is 0 Å². The summed E-state index contributed by atoms with van der Waals surface area (Å²) in [5, 5.41) is 0. The first-order valence-corrected chi connectivity index (χ1v) is 20.2. The average Bonchev–Trinajstić information content (AvgIpc) is 3.24. The van der Waals surface area contributed by atoms with Gasteiger partial charge < -0.3 is 4.74 Å². The van der Waals surface area contributed by atoms with Crippen LogP contribution in [0.25, 0.3) is 0 Å². The van der Waals surface area contributed by atoms with Crippen LogP contribution in [0.3, 0.4) is 0 Å². The summed E-state index contributed by atoms with van der Waals surface area (Å²) in [6.45, 7) is 4.84. The van der Waals surface area contributed by atoms with Crippen LogP contribution in [-0.2, 0) is 15.9 Å². The van der Waals surface area contributed by atoms with E-state index < -0.39 is 11.2 Å². The maximum atomic E-state index is 8.65. The lowest BCUT2D eigenvalue weighted by Crippen LogP contribution is -2.45. The molecule has 0 atom stereocenters. The highest BCUT2D eigenvalue weighted by Gasteiger charge is 2.51. The summed E-state index contributed by atoms with van der Waals surface area (Å²) in [4.78, 5) is 0. The highest BCUT2D eigenvalue weighted by molar-refractivity contribution is 5.56. The molecule has 0 unspecified atom stereocenters. The second kappa shape index (κ2) is 15.7. The van der Waals surface area contributed by atoms with Gasteiger partial charge in [0.2, 0.25) is 0 Å². The van der Waals surface area contributed by atoms with Crippen molar-refractivity contribution in [3.63, 3.8) is 0 Å². The molecule has 6 aromatic rings. The van der Waals surface area contributed by atoms with Crippen LogP contribution in [0.4, 0.5) is 0 Å². The molecule has 268 valence electrons. The molecule has 2 fully saturated rings. The molecule has 0 aliphatic heterocycles. The van der Waals surface area contributed by atoms with Crippen LogP contribution >= 0.6 is 0 Å². The zero-order valence-electron chi connectivity index (χ0n) is 31.5. The van der Waals surface area contributed by atoms with Gasteiger partial charge in [-0.15, -0.1) is 0 Å². The predicted octanol–water partition coefficient (Wildman–Crippen LogP) is 13.6. The molecule has 0 radical (unpaired) electrons. The largest absolute Gasteiger partial charge is 0.340 e. The van der Waals surface area contributed by atoms with E-state index in [4.69, 9.17) is 4.74 Å². The monoisotopic (exact) mass is 694 g/mol. The van der Waals surface area contributed by atoms with Crippen molar-refractivity contribution in [2.75, 3.05) is 0 Å². The third-order valence-corrected chi connectivity index (χ3v) is 12.6. The Morgan fingerprint density at radius 2 is 0.604 bits per heavy atom. The summed E-state index contributed by atoms with van der Waals surface area (Å²) in [5.41, 5.74) is 7.98. The van der Waals surface area contributed by atoms with Gasteiger partial charge in [0.25, 0.3) is 0 Å². The Bertz CT molecular complexity index is 1810. The van der Waals surface area contributed by atoms with Crippen molar-refractivity contribution in [2.24, 2.45) is 11.8 Å². The van der Waals surface area contributed by atoms with Crippen molar-refractivity contribution in [3.8, 4) is 0 Å². The first-order chi connectivity index (χ1) is 26.1. The van der Waals surface area contributed by atoms with E-state index in [1.165, 1.54) is 73.6 Å². The minimum absolute atomic E-state index is 0.470. The highest BCUT2D eigenvalue weighted by Crippen LogP contribution is 2.55. The molecule has 0 saturated heterocycles. The third kappa shape index (κ3) is 6.81. The van der Waals surface area contributed by atoms with E-state index in [0.29, 0.717) is 11.8 Å². The third-order valence-electron chi connectivity index (χ3n) is 12.6. The predicted molar refractivity (Wildman–Crippen MR) is 220 cm³/mol. The summed E-state index contributed by atoms with van der Waals surface area (Å²) in [6.07, 6.45) is 9.83. The fourth-order valence-corrected chi connectivity index (χ4v) is 9.71. The first-order valence-electron chi connectivity index (χ1n) is 20.2. The van der Waals surface area contributed by atoms with Crippen molar-refractivity contribution < 1.29 is 4.74 Å². The normalized spacial score (nSPS) is 20.9. The van der Waals surface area contributed by atoms with Crippen molar-refractivity contribution in [2.45, 2.75) is 88.3 Å². The lowest BCUT2D eigenvalue weighted by atomic mass is 9.69. The van der Waals surface area contributed by atoms with Gasteiger partial charge in [-0.2, -0.15) is 0 Å². The number of hydrogen-bond donors (Lipinski definition) is 0. The molecule has 0 aromatic heterocycles. The van der Waals surface area contributed by atoms with Crippen LogP contribution in [0.2, 0.25) is 0 Å². The molecule has 0 N–H and O–H groups in total. The molecule has 0 spiro atoms. The van der Waals surface area contributed by atoms with Gasteiger partial charge in [-0.25, -0.2) is 0 Å². The molecule has 0 heterocycles. The van der Waals surface area contributed by atoms with Gasteiger partial charge in [0.1, 0.15) is 11.2 Å². The minimum atomic E-state index is -0.956. The van der Waals surface area contributed by atoms with Crippen LogP contribution in [0.15, 0.2) is 170 Å². The Kier molecular flexibility index (Phi) is 10.5. The smallest absolute Gasteiger partial charge is 0.146 e. The summed E-state index contributed by atoms with van der Waals surface area (Å²) in [6, 6.07) is 62.9. The van der Waals surface area contributed by atoms with Crippen molar-refractivity contribution in [1.82, 2.24) is 0 Å². The van der Waals surface area contributed by atoms with Gasteiger partial charge in [0.05, 0.1) is 0 Å². The van der Waals surface area contributed by atoms with Crippen LogP contribution in [0.5, 0.6) is 0 Å². The molecular formula is C52H54O. The zero-order valence-corrected chi connectivity index (χ0v) is 31.5. The second-order valence-electron chi connectivity index (χ2n) is 16.0. The van der Waals surface area contributed by atoms with Crippen LogP contribution in [-0.4, -0.2) is 0 Å². The quantitative estimate of drug-likeness (QED) is 0.130. The molecule has 0 amide bonds.